The standard InChI is InChI=1S/C43H60N4O6/c1-26(2)27(3)38(5)18-19-40(7)30-14-15-32-39(6)24-52-43(23-42(32,43)31(30)16-17-41(40,8)33(38)36(49)50)35(53-28(4)48)34(39)51-21-20-45-37(47-25-44)46-22-29-12-10-9-11-13-29/h9-13,16,26-27,30,32-35H,14-15,17-24H2,1-8H3,(H,49,50)(H2,45,46,47)/t27-,30+,32?,33-,34?,35+,38-,39-,40-,41+,42-,43?/m1/s1. The van der Waals surface area contributed by atoms with Gasteiger partial charge in [-0.2, -0.15) is 5.26 Å². The van der Waals surface area contributed by atoms with Crippen molar-refractivity contribution in [3.63, 3.8) is 0 Å². The highest BCUT2D eigenvalue weighted by Crippen LogP contribution is 2.85. The number of aliphatic carboxylic acids is 1. The highest BCUT2D eigenvalue weighted by Gasteiger charge is 2.89. The zero-order valence-electron chi connectivity index (χ0n) is 33.0. The Kier molecular flexibility index (Phi) is 9.37. The van der Waals surface area contributed by atoms with Gasteiger partial charge in [0.05, 0.1) is 25.7 Å². The van der Waals surface area contributed by atoms with E-state index >= 15 is 0 Å². The third-order valence-corrected chi connectivity index (χ3v) is 16.2. The van der Waals surface area contributed by atoms with E-state index in [2.05, 4.69) is 70.2 Å². The van der Waals surface area contributed by atoms with Crippen molar-refractivity contribution in [2.24, 2.45) is 61.7 Å². The number of benzene rings is 1. The monoisotopic (exact) mass is 728 g/mol. The van der Waals surface area contributed by atoms with E-state index in [1.807, 2.05) is 36.5 Å². The van der Waals surface area contributed by atoms with Crippen molar-refractivity contribution in [3.8, 4) is 6.19 Å². The molecule has 4 saturated carbocycles. The van der Waals surface area contributed by atoms with E-state index < -0.39 is 34.4 Å². The number of carbonyl (C=O) groups excluding carboxylic acids is 1. The molecule has 288 valence electrons. The molecule has 3 N–H and O–H groups in total. The van der Waals surface area contributed by atoms with Crippen molar-refractivity contribution in [2.45, 2.75) is 118 Å². The number of hydrogen-bond donors (Lipinski definition) is 3. The van der Waals surface area contributed by atoms with Crippen molar-refractivity contribution in [1.82, 2.24) is 10.6 Å². The summed E-state index contributed by atoms with van der Waals surface area (Å²) < 4.78 is 19.9. The SMILES string of the molecule is CC(=O)O[C@H]1C(OCCNC(=NCc2ccccc2)NC#N)[C@]2(C)COC13C[C@]31C3=CC[C@@]4(C)[C@H](C(=O)O)[C@@](C)([C@H](C)C(C)C)CC[C@]4(C)[C@H]3CCC21. The minimum absolute atomic E-state index is 0.187. The first kappa shape index (κ1) is 37.9. The summed E-state index contributed by atoms with van der Waals surface area (Å²) >= 11 is 0. The number of nitrogens with zero attached hydrogens (tertiary/aromatic N) is 2. The van der Waals surface area contributed by atoms with Gasteiger partial charge in [-0.25, -0.2) is 4.99 Å². The fraction of sp³-hybridized carbons (Fsp3) is 0.721. The van der Waals surface area contributed by atoms with Gasteiger partial charge in [-0.1, -0.05) is 90.4 Å². The van der Waals surface area contributed by atoms with Crippen LogP contribution >= 0.6 is 0 Å². The van der Waals surface area contributed by atoms with Crippen LogP contribution in [-0.4, -0.2) is 60.6 Å². The van der Waals surface area contributed by atoms with Gasteiger partial charge in [0.15, 0.2) is 12.3 Å². The molecular formula is C43H60N4O6. The number of carboxylic acid groups (broad SMARTS) is 1. The van der Waals surface area contributed by atoms with Crippen molar-refractivity contribution in [2.75, 3.05) is 19.8 Å². The van der Waals surface area contributed by atoms with E-state index in [1.54, 1.807) is 0 Å². The predicted octanol–water partition coefficient (Wildman–Crippen LogP) is 6.86. The molecule has 5 aliphatic carbocycles. The maximum absolute atomic E-state index is 13.4. The van der Waals surface area contributed by atoms with Crippen molar-refractivity contribution in [1.29, 1.82) is 5.26 Å². The molecule has 7 aliphatic rings. The van der Waals surface area contributed by atoms with Crippen molar-refractivity contribution >= 4 is 17.9 Å². The van der Waals surface area contributed by atoms with Gasteiger partial charge in [-0.3, -0.25) is 14.9 Å². The average Bonchev–Trinajstić information content (AvgIpc) is 3.79. The number of ether oxygens (including phenoxy) is 3. The summed E-state index contributed by atoms with van der Waals surface area (Å²) in [6.07, 6.45) is 8.90. The Labute approximate surface area is 315 Å². The Balaban J connectivity index is 1.16. The first-order valence-corrected chi connectivity index (χ1v) is 19.9. The number of carbonyl (C=O) groups is 2. The van der Waals surface area contributed by atoms with Gasteiger partial charge < -0.3 is 24.6 Å². The third kappa shape index (κ3) is 5.33. The summed E-state index contributed by atoms with van der Waals surface area (Å²) in [4.78, 5) is 30.8. The quantitative estimate of drug-likeness (QED) is 0.0448. The fourth-order valence-corrected chi connectivity index (χ4v) is 13.1. The molecule has 0 aromatic heterocycles. The number of nitrogens with one attached hydrogen (secondary N) is 2. The van der Waals surface area contributed by atoms with Crippen molar-refractivity contribution in [3.05, 3.63) is 47.5 Å². The molecule has 8 rings (SSSR count). The molecule has 3 unspecified atom stereocenters. The van der Waals surface area contributed by atoms with Crippen LogP contribution in [0, 0.1) is 68.1 Å². The number of hydrogen-bond acceptors (Lipinski definition) is 7. The van der Waals surface area contributed by atoms with Crippen LogP contribution in [0.4, 0.5) is 0 Å². The van der Waals surface area contributed by atoms with Gasteiger partial charge in [0, 0.05) is 24.3 Å². The summed E-state index contributed by atoms with van der Waals surface area (Å²) in [6.45, 7) is 19.1. The predicted molar refractivity (Wildman–Crippen MR) is 201 cm³/mol. The molecular weight excluding hydrogens is 668 g/mol. The van der Waals surface area contributed by atoms with Gasteiger partial charge in [-0.15, -0.1) is 0 Å². The van der Waals surface area contributed by atoms with Gasteiger partial charge >= 0.3 is 11.9 Å². The summed E-state index contributed by atoms with van der Waals surface area (Å²) in [5, 5.41) is 26.2. The van der Waals surface area contributed by atoms with E-state index in [0.29, 0.717) is 38.2 Å². The van der Waals surface area contributed by atoms with E-state index in [0.717, 1.165) is 44.1 Å². The molecule has 0 amide bonds. The van der Waals surface area contributed by atoms with Crippen LogP contribution in [0.25, 0.3) is 0 Å². The van der Waals surface area contributed by atoms with Crippen LogP contribution in [0.1, 0.15) is 99.5 Å². The molecule has 0 radical (unpaired) electrons. The maximum atomic E-state index is 13.4. The number of aliphatic imine (C=N–C) groups is 1. The number of allylic oxidation sites excluding steroid dienone is 1. The number of carboxylic acids is 1. The Bertz CT molecular complexity index is 1720. The zero-order chi connectivity index (χ0) is 38.2. The molecule has 10 nitrogen and oxygen atoms in total. The summed E-state index contributed by atoms with van der Waals surface area (Å²) in [6, 6.07) is 9.86. The lowest BCUT2D eigenvalue weighted by atomic mass is 9.35. The first-order valence-electron chi connectivity index (χ1n) is 19.9. The lowest BCUT2D eigenvalue weighted by molar-refractivity contribution is -0.299. The van der Waals surface area contributed by atoms with Crippen LogP contribution < -0.4 is 10.6 Å². The minimum Gasteiger partial charge on any atom is -0.481 e. The van der Waals surface area contributed by atoms with Crippen LogP contribution in [-0.2, 0) is 30.3 Å². The zero-order valence-corrected chi connectivity index (χ0v) is 33.0. The van der Waals surface area contributed by atoms with E-state index in [-0.39, 0.29) is 46.1 Å². The summed E-state index contributed by atoms with van der Waals surface area (Å²) in [5.41, 5.74) is 0.263. The molecule has 2 heterocycles. The number of nitriles is 1. The molecule has 53 heavy (non-hydrogen) atoms. The third-order valence-electron chi connectivity index (χ3n) is 16.2. The molecule has 2 saturated heterocycles. The molecule has 2 bridgehead atoms. The van der Waals surface area contributed by atoms with Crippen LogP contribution in [0.15, 0.2) is 47.0 Å². The normalized spacial score (nSPS) is 42.8. The van der Waals surface area contributed by atoms with Crippen LogP contribution in [0.5, 0.6) is 0 Å². The van der Waals surface area contributed by atoms with Crippen molar-refractivity contribution < 1.29 is 28.9 Å². The topological polar surface area (TPSA) is 142 Å². The summed E-state index contributed by atoms with van der Waals surface area (Å²) in [5.74, 6) is 0.143. The van der Waals surface area contributed by atoms with Crippen LogP contribution in [0.3, 0.4) is 0 Å². The van der Waals surface area contributed by atoms with E-state index in [4.69, 9.17) is 14.2 Å². The second-order valence-corrected chi connectivity index (χ2v) is 18.7. The number of esters is 1. The van der Waals surface area contributed by atoms with Gasteiger partial charge in [0.25, 0.3) is 0 Å². The molecule has 2 aliphatic heterocycles. The lowest BCUT2D eigenvalue weighted by Crippen LogP contribution is -2.72. The second kappa shape index (κ2) is 13.1. The Morgan fingerprint density at radius 2 is 1.81 bits per heavy atom. The smallest absolute Gasteiger partial charge is 0.307 e. The molecule has 1 aromatic rings. The Morgan fingerprint density at radius 1 is 1.08 bits per heavy atom. The molecule has 10 heteroatoms. The lowest BCUT2D eigenvalue weighted by Gasteiger charge is -2.69. The minimum atomic E-state index is -0.667. The van der Waals surface area contributed by atoms with E-state index in [1.165, 1.54) is 12.5 Å². The van der Waals surface area contributed by atoms with Gasteiger partial charge in [0.2, 0.25) is 5.96 Å². The number of fused-ring (bicyclic) bond motifs is 5. The fourth-order valence-electron chi connectivity index (χ4n) is 13.1. The Morgan fingerprint density at radius 3 is 2.47 bits per heavy atom. The number of rotatable bonds is 10. The molecule has 1 aromatic carbocycles. The van der Waals surface area contributed by atoms with E-state index in [9.17, 15) is 20.0 Å². The van der Waals surface area contributed by atoms with Gasteiger partial charge in [0.1, 0.15) is 11.7 Å². The Hall–Kier alpha value is -3.42. The van der Waals surface area contributed by atoms with Gasteiger partial charge in [-0.05, 0) is 84.0 Å². The molecule has 2 spiro atoms. The second-order valence-electron chi connectivity index (χ2n) is 18.7. The van der Waals surface area contributed by atoms with Crippen LogP contribution in [0.2, 0.25) is 0 Å². The maximum Gasteiger partial charge on any atom is 0.307 e. The molecule has 12 atom stereocenters. The first-order chi connectivity index (χ1) is 25.1. The highest BCUT2D eigenvalue weighted by molar-refractivity contribution is 5.81. The number of guanidine groups is 1. The largest absolute Gasteiger partial charge is 0.481 e. The highest BCUT2D eigenvalue weighted by atomic mass is 16.6. The summed E-state index contributed by atoms with van der Waals surface area (Å²) in [7, 11) is 0. The average molecular weight is 729 g/mol. The molecule has 6 fully saturated rings.